The van der Waals surface area contributed by atoms with Crippen molar-refractivity contribution in [1.29, 1.82) is 5.26 Å². The molecule has 0 amide bonds. The first-order chi connectivity index (χ1) is 13.4. The van der Waals surface area contributed by atoms with Crippen molar-refractivity contribution >= 4 is 10.0 Å². The van der Waals surface area contributed by atoms with Crippen LogP contribution in [0.3, 0.4) is 0 Å². The SMILES string of the molecule is COc1ccc(S(=O)(=O)N2CCN(C(C#N)c3ccccc3C)CC2)cc1C. The molecule has 2 aromatic rings. The third kappa shape index (κ3) is 3.90. The summed E-state index contributed by atoms with van der Waals surface area (Å²) in [7, 11) is -2.00. The van der Waals surface area contributed by atoms with Gasteiger partial charge < -0.3 is 4.74 Å². The third-order valence-electron chi connectivity index (χ3n) is 5.25. The van der Waals surface area contributed by atoms with E-state index in [0.29, 0.717) is 31.9 Å². The van der Waals surface area contributed by atoms with E-state index in [4.69, 9.17) is 4.74 Å². The minimum absolute atomic E-state index is 0.273. The van der Waals surface area contributed by atoms with Gasteiger partial charge in [0, 0.05) is 26.2 Å². The molecule has 148 valence electrons. The molecule has 1 saturated heterocycles. The van der Waals surface area contributed by atoms with E-state index in [1.54, 1.807) is 25.3 Å². The first-order valence-electron chi connectivity index (χ1n) is 9.22. The van der Waals surface area contributed by atoms with Crippen molar-refractivity contribution in [3.05, 3.63) is 59.2 Å². The highest BCUT2D eigenvalue weighted by atomic mass is 32.2. The maximum Gasteiger partial charge on any atom is 0.243 e. The van der Waals surface area contributed by atoms with E-state index in [1.165, 1.54) is 4.31 Å². The lowest BCUT2D eigenvalue weighted by atomic mass is 10.0. The number of ether oxygens (including phenoxy) is 1. The molecule has 0 aliphatic carbocycles. The molecule has 0 bridgehead atoms. The summed E-state index contributed by atoms with van der Waals surface area (Å²) >= 11 is 0. The molecule has 0 aromatic heterocycles. The van der Waals surface area contributed by atoms with Crippen molar-refractivity contribution in [2.45, 2.75) is 24.8 Å². The summed E-state index contributed by atoms with van der Waals surface area (Å²) in [6.45, 7) is 5.57. The van der Waals surface area contributed by atoms with E-state index in [1.807, 2.05) is 43.0 Å². The Morgan fingerprint density at radius 3 is 2.29 bits per heavy atom. The van der Waals surface area contributed by atoms with Gasteiger partial charge in [-0.05, 0) is 48.7 Å². The molecule has 6 nitrogen and oxygen atoms in total. The molecule has 3 rings (SSSR count). The summed E-state index contributed by atoms with van der Waals surface area (Å²) in [5.41, 5.74) is 2.83. The van der Waals surface area contributed by atoms with E-state index in [9.17, 15) is 13.7 Å². The standard InChI is InChI=1S/C21H25N3O3S/c1-16-6-4-5-7-19(16)20(15-22)23-10-12-24(13-11-23)28(25,26)18-8-9-21(27-3)17(2)14-18/h4-9,14,20H,10-13H2,1-3H3. The summed E-state index contributed by atoms with van der Waals surface area (Å²) in [5.74, 6) is 0.666. The Morgan fingerprint density at radius 1 is 1.04 bits per heavy atom. The fraction of sp³-hybridized carbons (Fsp3) is 0.381. The van der Waals surface area contributed by atoms with Gasteiger partial charge in [-0.3, -0.25) is 4.90 Å². The number of hydrogen-bond donors (Lipinski definition) is 0. The van der Waals surface area contributed by atoms with Crippen LogP contribution in [0, 0.1) is 25.2 Å². The third-order valence-corrected chi connectivity index (χ3v) is 7.14. The number of methoxy groups -OCH3 is 1. The molecule has 2 aromatic carbocycles. The lowest BCUT2D eigenvalue weighted by Gasteiger charge is -2.36. The van der Waals surface area contributed by atoms with Gasteiger partial charge >= 0.3 is 0 Å². The number of nitriles is 1. The average Bonchev–Trinajstić information content (AvgIpc) is 2.70. The molecule has 0 spiro atoms. The Bertz CT molecular complexity index is 990. The smallest absolute Gasteiger partial charge is 0.243 e. The minimum atomic E-state index is -3.57. The van der Waals surface area contributed by atoms with Crippen LogP contribution in [0.25, 0.3) is 0 Å². The number of aryl methyl sites for hydroxylation is 2. The van der Waals surface area contributed by atoms with Crippen LogP contribution in [-0.2, 0) is 10.0 Å². The molecule has 0 saturated carbocycles. The van der Waals surface area contributed by atoms with E-state index >= 15 is 0 Å². The van der Waals surface area contributed by atoms with Gasteiger partial charge in [0.15, 0.2) is 0 Å². The predicted octanol–water partition coefficient (Wildman–Crippen LogP) is 2.88. The zero-order chi connectivity index (χ0) is 20.3. The maximum atomic E-state index is 13.0. The van der Waals surface area contributed by atoms with Crippen molar-refractivity contribution in [3.8, 4) is 11.8 Å². The van der Waals surface area contributed by atoms with Gasteiger partial charge in [-0.25, -0.2) is 8.42 Å². The second-order valence-electron chi connectivity index (χ2n) is 6.96. The monoisotopic (exact) mass is 399 g/mol. The minimum Gasteiger partial charge on any atom is -0.496 e. The van der Waals surface area contributed by atoms with Crippen molar-refractivity contribution in [1.82, 2.24) is 9.21 Å². The van der Waals surface area contributed by atoms with Gasteiger partial charge in [0.1, 0.15) is 11.8 Å². The van der Waals surface area contributed by atoms with Gasteiger partial charge in [0.05, 0.1) is 18.1 Å². The van der Waals surface area contributed by atoms with Crippen LogP contribution in [0.1, 0.15) is 22.7 Å². The van der Waals surface area contributed by atoms with Crippen LogP contribution in [0.4, 0.5) is 0 Å². The Balaban J connectivity index is 1.75. The molecule has 1 unspecified atom stereocenters. The zero-order valence-electron chi connectivity index (χ0n) is 16.4. The summed E-state index contributed by atoms with van der Waals surface area (Å²) in [6, 6.07) is 14.8. The van der Waals surface area contributed by atoms with E-state index < -0.39 is 10.0 Å². The van der Waals surface area contributed by atoms with E-state index in [0.717, 1.165) is 16.7 Å². The number of benzene rings is 2. The van der Waals surface area contributed by atoms with Gasteiger partial charge in [0.2, 0.25) is 10.0 Å². The highest BCUT2D eigenvalue weighted by molar-refractivity contribution is 7.89. The largest absolute Gasteiger partial charge is 0.496 e. The van der Waals surface area contributed by atoms with Gasteiger partial charge in [-0.15, -0.1) is 0 Å². The first kappa shape index (κ1) is 20.3. The molecule has 28 heavy (non-hydrogen) atoms. The Labute approximate surface area is 167 Å². The number of piperazine rings is 1. The summed E-state index contributed by atoms with van der Waals surface area (Å²) in [4.78, 5) is 2.32. The van der Waals surface area contributed by atoms with Crippen LogP contribution in [0.2, 0.25) is 0 Å². The average molecular weight is 400 g/mol. The van der Waals surface area contributed by atoms with Crippen molar-refractivity contribution < 1.29 is 13.2 Å². The maximum absolute atomic E-state index is 13.0. The van der Waals surface area contributed by atoms with Gasteiger partial charge in [-0.2, -0.15) is 9.57 Å². The van der Waals surface area contributed by atoms with Crippen LogP contribution in [-0.4, -0.2) is 50.9 Å². The molecule has 1 heterocycles. The quantitative estimate of drug-likeness (QED) is 0.773. The van der Waals surface area contributed by atoms with Crippen LogP contribution in [0.5, 0.6) is 5.75 Å². The molecular weight excluding hydrogens is 374 g/mol. The molecule has 1 aliphatic heterocycles. The zero-order valence-corrected chi connectivity index (χ0v) is 17.2. The first-order valence-corrected chi connectivity index (χ1v) is 10.7. The molecule has 1 atom stereocenters. The molecule has 0 N–H and O–H groups in total. The van der Waals surface area contributed by atoms with Gasteiger partial charge in [-0.1, -0.05) is 24.3 Å². The second kappa shape index (κ2) is 8.31. The Kier molecular flexibility index (Phi) is 6.04. The van der Waals surface area contributed by atoms with Crippen LogP contribution in [0.15, 0.2) is 47.4 Å². The fourth-order valence-corrected chi connectivity index (χ4v) is 5.11. The van der Waals surface area contributed by atoms with Crippen molar-refractivity contribution in [2.75, 3.05) is 33.3 Å². The fourth-order valence-electron chi connectivity index (χ4n) is 3.60. The highest BCUT2D eigenvalue weighted by Crippen LogP contribution is 2.27. The summed E-state index contributed by atoms with van der Waals surface area (Å²) in [5, 5.41) is 9.70. The number of sulfonamides is 1. The molecular formula is C21H25N3O3S. The molecule has 0 radical (unpaired) electrons. The molecule has 1 fully saturated rings. The molecule has 7 heteroatoms. The van der Waals surface area contributed by atoms with Crippen LogP contribution >= 0.6 is 0 Å². The topological polar surface area (TPSA) is 73.6 Å². The van der Waals surface area contributed by atoms with E-state index in [-0.39, 0.29) is 10.9 Å². The van der Waals surface area contributed by atoms with Crippen molar-refractivity contribution in [3.63, 3.8) is 0 Å². The Morgan fingerprint density at radius 2 is 1.71 bits per heavy atom. The second-order valence-corrected chi connectivity index (χ2v) is 8.90. The lowest BCUT2D eigenvalue weighted by molar-refractivity contribution is 0.162. The molecule has 1 aliphatic rings. The number of rotatable bonds is 5. The normalized spacial score (nSPS) is 17.1. The lowest BCUT2D eigenvalue weighted by Crippen LogP contribution is -2.49. The summed E-state index contributed by atoms with van der Waals surface area (Å²) in [6.07, 6.45) is 0. The van der Waals surface area contributed by atoms with Crippen LogP contribution < -0.4 is 4.74 Å². The Hall–Kier alpha value is -2.40. The predicted molar refractivity (Wildman–Crippen MR) is 108 cm³/mol. The van der Waals surface area contributed by atoms with Gasteiger partial charge in [0.25, 0.3) is 0 Å². The van der Waals surface area contributed by atoms with E-state index in [2.05, 4.69) is 6.07 Å². The van der Waals surface area contributed by atoms with Crippen molar-refractivity contribution in [2.24, 2.45) is 0 Å². The number of hydrogen-bond acceptors (Lipinski definition) is 5. The highest BCUT2D eigenvalue weighted by Gasteiger charge is 2.32. The number of nitrogens with zero attached hydrogens (tertiary/aromatic N) is 3. The summed E-state index contributed by atoms with van der Waals surface area (Å²) < 4.78 is 32.7.